The molecule has 2 heterocycles. The number of nitrogens with zero attached hydrogens (tertiary/aromatic N) is 3. The minimum atomic E-state index is -0.758. The number of anilines is 1. The van der Waals surface area contributed by atoms with Crippen LogP contribution < -0.4 is 16.2 Å². The Morgan fingerprint density at radius 2 is 1.84 bits per heavy atom. The van der Waals surface area contributed by atoms with E-state index in [1.807, 2.05) is 0 Å². The van der Waals surface area contributed by atoms with Gasteiger partial charge in [0.2, 0.25) is 5.91 Å². The van der Waals surface area contributed by atoms with Crippen LogP contribution in [0.25, 0.3) is 0 Å². The zero-order valence-corrected chi connectivity index (χ0v) is 22.8. The van der Waals surface area contributed by atoms with E-state index >= 15 is 0 Å². The number of aromatic nitrogens is 2. The Morgan fingerprint density at radius 3 is 2.45 bits per heavy atom. The maximum atomic E-state index is 13.1. The quantitative estimate of drug-likeness (QED) is 0.378. The summed E-state index contributed by atoms with van der Waals surface area (Å²) in [5.74, 6) is 0.192. The van der Waals surface area contributed by atoms with Gasteiger partial charge in [-0.05, 0) is 64.7 Å². The van der Waals surface area contributed by atoms with Crippen molar-refractivity contribution in [2.24, 2.45) is 5.92 Å². The second kappa shape index (κ2) is 12.2. The molecule has 2 aromatic rings. The van der Waals surface area contributed by atoms with E-state index in [-0.39, 0.29) is 13.1 Å². The first-order chi connectivity index (χ1) is 17.8. The molecule has 0 spiro atoms. The van der Waals surface area contributed by atoms with E-state index in [0.717, 1.165) is 30.3 Å². The predicted octanol–water partition coefficient (Wildman–Crippen LogP) is 4.55. The second-order valence-electron chi connectivity index (χ2n) is 10.9. The topological polar surface area (TPSA) is 145 Å². The molecule has 11 heteroatoms. The third-order valence-electron chi connectivity index (χ3n) is 6.58. The van der Waals surface area contributed by atoms with Gasteiger partial charge in [-0.1, -0.05) is 38.2 Å². The van der Waals surface area contributed by atoms with Crippen LogP contribution in [-0.2, 0) is 29.0 Å². The highest BCUT2D eigenvalue weighted by atomic mass is 16.6. The summed E-state index contributed by atoms with van der Waals surface area (Å²) in [5, 5.41) is 17.1. The predicted molar refractivity (Wildman–Crippen MR) is 143 cm³/mol. The molecule has 1 saturated carbocycles. The first-order valence-electron chi connectivity index (χ1n) is 12.9. The number of nitro groups is 1. The van der Waals surface area contributed by atoms with Crippen molar-refractivity contribution >= 4 is 23.5 Å². The van der Waals surface area contributed by atoms with Crippen molar-refractivity contribution in [3.8, 4) is 0 Å². The number of hydrogen-bond acceptors (Lipinski definition) is 7. The SMILES string of the molecule is Cc1nc(NC(=O)OC(C)(C)C)ccc1CNC(=O)Cn1c(C)cc(CC2CCCCC2)c([N+](=O)[O-])c1=O. The summed E-state index contributed by atoms with van der Waals surface area (Å²) in [5.41, 5.74) is 0.425. The van der Waals surface area contributed by atoms with Crippen molar-refractivity contribution in [1.29, 1.82) is 0 Å². The number of nitrogens with one attached hydrogen (secondary N) is 2. The van der Waals surface area contributed by atoms with Crippen molar-refractivity contribution in [1.82, 2.24) is 14.9 Å². The zero-order valence-electron chi connectivity index (χ0n) is 22.8. The smallest absolute Gasteiger partial charge is 0.413 e. The average Bonchev–Trinajstić information content (AvgIpc) is 2.80. The van der Waals surface area contributed by atoms with Crippen LogP contribution in [0, 0.1) is 29.9 Å². The molecule has 206 valence electrons. The second-order valence-corrected chi connectivity index (χ2v) is 10.9. The van der Waals surface area contributed by atoms with Gasteiger partial charge in [0, 0.05) is 23.5 Å². The van der Waals surface area contributed by atoms with Crippen molar-refractivity contribution in [3.05, 3.63) is 61.2 Å². The molecule has 0 aliphatic heterocycles. The first kappa shape index (κ1) is 28.8. The van der Waals surface area contributed by atoms with Crippen molar-refractivity contribution in [2.75, 3.05) is 5.32 Å². The van der Waals surface area contributed by atoms with E-state index in [1.165, 1.54) is 6.42 Å². The molecule has 0 unspecified atom stereocenters. The number of rotatable bonds is 8. The summed E-state index contributed by atoms with van der Waals surface area (Å²) in [6, 6.07) is 4.99. The lowest BCUT2D eigenvalue weighted by molar-refractivity contribution is -0.387. The van der Waals surface area contributed by atoms with Crippen molar-refractivity contribution < 1.29 is 19.2 Å². The molecule has 2 amide bonds. The first-order valence-corrected chi connectivity index (χ1v) is 12.9. The van der Waals surface area contributed by atoms with Gasteiger partial charge in [-0.3, -0.25) is 29.6 Å². The van der Waals surface area contributed by atoms with E-state index in [2.05, 4.69) is 15.6 Å². The molecule has 0 atom stereocenters. The number of carbonyl (C=O) groups is 2. The van der Waals surface area contributed by atoms with Gasteiger partial charge < -0.3 is 10.1 Å². The summed E-state index contributed by atoms with van der Waals surface area (Å²) in [6.07, 6.45) is 5.29. The molecule has 2 N–H and O–H groups in total. The summed E-state index contributed by atoms with van der Waals surface area (Å²) in [4.78, 5) is 53.2. The summed E-state index contributed by atoms with van der Waals surface area (Å²) in [7, 11) is 0. The van der Waals surface area contributed by atoms with Crippen LogP contribution in [0.3, 0.4) is 0 Å². The van der Waals surface area contributed by atoms with Gasteiger partial charge in [0.15, 0.2) is 0 Å². The van der Waals surface area contributed by atoms with Crippen LogP contribution in [-0.4, -0.2) is 32.1 Å². The Morgan fingerprint density at radius 1 is 1.16 bits per heavy atom. The van der Waals surface area contributed by atoms with Gasteiger partial charge in [0.05, 0.1) is 4.92 Å². The summed E-state index contributed by atoms with van der Waals surface area (Å²) in [6.45, 7) is 8.52. The third kappa shape index (κ3) is 7.87. The number of pyridine rings is 2. The number of hydrogen-bond donors (Lipinski definition) is 2. The zero-order chi connectivity index (χ0) is 28.0. The molecule has 1 aliphatic rings. The maximum absolute atomic E-state index is 13.1. The van der Waals surface area contributed by atoms with Gasteiger partial charge in [-0.2, -0.15) is 0 Å². The molecule has 1 aliphatic carbocycles. The van der Waals surface area contributed by atoms with E-state index in [1.54, 1.807) is 52.8 Å². The van der Waals surface area contributed by atoms with Crippen LogP contribution in [0.2, 0.25) is 0 Å². The lowest BCUT2D eigenvalue weighted by Crippen LogP contribution is -2.34. The fourth-order valence-corrected chi connectivity index (χ4v) is 4.72. The standard InChI is InChI=1S/C27H37N5O6/c1-17-13-21(14-19-9-7-6-8-10-19)24(32(36)37)25(34)31(17)16-23(33)28-15-20-11-12-22(29-18(20)2)30-26(35)38-27(3,4)5/h11-13,19H,6-10,14-16H2,1-5H3,(H,28,33)(H,29,30,35). The lowest BCUT2D eigenvalue weighted by Gasteiger charge is -2.22. The molecule has 0 aromatic carbocycles. The fraction of sp³-hybridized carbons (Fsp3) is 0.556. The Bertz CT molecular complexity index is 1260. The van der Waals surface area contributed by atoms with Crippen molar-refractivity contribution in [2.45, 2.75) is 91.8 Å². The molecule has 0 saturated heterocycles. The largest absolute Gasteiger partial charge is 0.444 e. The molecule has 0 bridgehead atoms. The number of ether oxygens (including phenoxy) is 1. The van der Waals surface area contributed by atoms with E-state index in [0.29, 0.717) is 40.7 Å². The summed E-state index contributed by atoms with van der Waals surface area (Å²) >= 11 is 0. The molecule has 2 aromatic heterocycles. The Kier molecular flexibility index (Phi) is 9.24. The van der Waals surface area contributed by atoms with E-state index < -0.39 is 33.8 Å². The Labute approximate surface area is 222 Å². The lowest BCUT2D eigenvalue weighted by atomic mass is 9.84. The van der Waals surface area contributed by atoms with Crippen LogP contribution >= 0.6 is 0 Å². The monoisotopic (exact) mass is 527 g/mol. The van der Waals surface area contributed by atoms with Gasteiger partial charge in [0.25, 0.3) is 0 Å². The molecule has 1 fully saturated rings. The van der Waals surface area contributed by atoms with E-state index in [4.69, 9.17) is 4.74 Å². The fourth-order valence-electron chi connectivity index (χ4n) is 4.72. The highest BCUT2D eigenvalue weighted by Gasteiger charge is 2.26. The van der Waals surface area contributed by atoms with E-state index in [9.17, 15) is 24.5 Å². The molecule has 0 radical (unpaired) electrons. The normalized spacial score (nSPS) is 14.1. The third-order valence-corrected chi connectivity index (χ3v) is 6.58. The minimum absolute atomic E-state index is 0.139. The molecule has 3 rings (SSSR count). The highest BCUT2D eigenvalue weighted by Crippen LogP contribution is 2.29. The maximum Gasteiger partial charge on any atom is 0.413 e. The molecule has 11 nitrogen and oxygen atoms in total. The number of aryl methyl sites for hydroxylation is 2. The van der Waals surface area contributed by atoms with Crippen LogP contribution in [0.5, 0.6) is 0 Å². The molecular weight excluding hydrogens is 490 g/mol. The van der Waals surface area contributed by atoms with Crippen molar-refractivity contribution in [3.63, 3.8) is 0 Å². The Balaban J connectivity index is 1.66. The Hall–Kier alpha value is -3.76. The molecular formula is C27H37N5O6. The van der Waals surface area contributed by atoms with Gasteiger partial charge in [0.1, 0.15) is 18.0 Å². The minimum Gasteiger partial charge on any atom is -0.444 e. The van der Waals surface area contributed by atoms with Gasteiger partial charge in [-0.15, -0.1) is 0 Å². The van der Waals surface area contributed by atoms with Gasteiger partial charge >= 0.3 is 17.3 Å². The van der Waals surface area contributed by atoms with Crippen LogP contribution in [0.1, 0.15) is 75.4 Å². The number of carbonyl (C=O) groups excluding carboxylic acids is 2. The van der Waals surface area contributed by atoms with Crippen LogP contribution in [0.15, 0.2) is 23.0 Å². The number of amides is 2. The van der Waals surface area contributed by atoms with Crippen LogP contribution in [0.4, 0.5) is 16.3 Å². The molecule has 38 heavy (non-hydrogen) atoms. The highest BCUT2D eigenvalue weighted by molar-refractivity contribution is 5.83. The average molecular weight is 528 g/mol. The van der Waals surface area contributed by atoms with Gasteiger partial charge in [-0.25, -0.2) is 9.78 Å². The summed E-state index contributed by atoms with van der Waals surface area (Å²) < 4.78 is 6.37.